The van der Waals surface area contributed by atoms with E-state index >= 15 is 0 Å². The Morgan fingerprint density at radius 2 is 1.96 bits per heavy atom. The van der Waals surface area contributed by atoms with Crippen molar-refractivity contribution in [1.82, 2.24) is 10.3 Å². The summed E-state index contributed by atoms with van der Waals surface area (Å²) in [6, 6.07) is 16.3. The molecule has 7 heteroatoms. The van der Waals surface area contributed by atoms with Gasteiger partial charge in [0.05, 0.1) is 6.21 Å². The van der Waals surface area contributed by atoms with Crippen LogP contribution in [0.4, 0.5) is 5.69 Å². The van der Waals surface area contributed by atoms with Gasteiger partial charge in [-0.3, -0.25) is 5.43 Å². The van der Waals surface area contributed by atoms with Crippen LogP contribution in [0.1, 0.15) is 11.1 Å². The van der Waals surface area contributed by atoms with Crippen LogP contribution < -0.4 is 20.8 Å². The average Bonchev–Trinajstić information content (AvgIpc) is 2.67. The highest BCUT2D eigenvalue weighted by molar-refractivity contribution is 7.80. The van der Waals surface area contributed by atoms with Gasteiger partial charge in [0.1, 0.15) is 12.4 Å². The Hall–Kier alpha value is -2.64. The predicted molar refractivity (Wildman–Crippen MR) is 114 cm³/mol. The first-order valence-corrected chi connectivity index (χ1v) is 9.35. The van der Waals surface area contributed by atoms with E-state index < -0.39 is 0 Å². The predicted octanol–water partition coefficient (Wildman–Crippen LogP) is 2.18. The number of nitrogens with one attached hydrogen (secondary N) is 1. The van der Waals surface area contributed by atoms with Gasteiger partial charge in [0.25, 0.3) is 0 Å². The average molecular weight is 384 g/mol. The van der Waals surface area contributed by atoms with E-state index in [0.717, 1.165) is 43.1 Å². The number of nitrogens with two attached hydrogens (primary N) is 1. The molecule has 1 heterocycles. The van der Waals surface area contributed by atoms with Crippen LogP contribution in [0, 0.1) is 0 Å². The van der Waals surface area contributed by atoms with Crippen molar-refractivity contribution in [2.45, 2.75) is 6.61 Å². The minimum Gasteiger partial charge on any atom is -0.489 e. The van der Waals surface area contributed by atoms with Gasteiger partial charge in [0, 0.05) is 37.9 Å². The molecule has 142 valence electrons. The fourth-order valence-electron chi connectivity index (χ4n) is 2.93. The molecule has 0 saturated carbocycles. The highest BCUT2D eigenvalue weighted by atomic mass is 32.1. The third-order valence-corrected chi connectivity index (χ3v) is 4.52. The molecule has 0 unspecified atom stereocenters. The minimum absolute atomic E-state index is 0.144. The van der Waals surface area contributed by atoms with Crippen molar-refractivity contribution in [2.75, 3.05) is 38.1 Å². The lowest BCUT2D eigenvalue weighted by atomic mass is 10.1. The van der Waals surface area contributed by atoms with Gasteiger partial charge in [0.2, 0.25) is 0 Å². The van der Waals surface area contributed by atoms with E-state index in [9.17, 15) is 0 Å². The first-order chi connectivity index (χ1) is 13.1. The number of hydrazone groups is 1. The number of thiocarbonyl (C=S) groups is 1. The molecule has 27 heavy (non-hydrogen) atoms. The van der Waals surface area contributed by atoms with Crippen LogP contribution in [-0.4, -0.2) is 49.5 Å². The van der Waals surface area contributed by atoms with Crippen molar-refractivity contribution in [3.8, 4) is 5.75 Å². The quantitative estimate of drug-likeness (QED) is 0.453. The van der Waals surface area contributed by atoms with Crippen LogP contribution in [0.2, 0.25) is 0 Å². The third-order valence-electron chi connectivity index (χ3n) is 4.43. The molecule has 0 bridgehead atoms. The molecule has 0 spiro atoms. The van der Waals surface area contributed by atoms with Gasteiger partial charge in [-0.15, -0.1) is 0 Å². The second kappa shape index (κ2) is 9.34. The number of nitrogens with zero attached hydrogens (tertiary/aromatic N) is 3. The summed E-state index contributed by atoms with van der Waals surface area (Å²) in [5, 5.41) is 4.12. The normalized spacial score (nSPS) is 15.1. The van der Waals surface area contributed by atoms with Crippen LogP contribution >= 0.6 is 12.2 Å². The molecule has 2 aromatic rings. The SMILES string of the molecule is CN1CCN(c2cccc(OCc3cccc(C=NNC(N)=S)c3)c2)CC1. The van der Waals surface area contributed by atoms with E-state index in [1.54, 1.807) is 6.21 Å². The Morgan fingerprint density at radius 1 is 1.19 bits per heavy atom. The summed E-state index contributed by atoms with van der Waals surface area (Å²) in [4.78, 5) is 4.75. The molecule has 0 radical (unpaired) electrons. The summed E-state index contributed by atoms with van der Waals surface area (Å²) >= 11 is 4.72. The van der Waals surface area contributed by atoms with E-state index in [2.05, 4.69) is 39.5 Å². The number of piperazine rings is 1. The largest absolute Gasteiger partial charge is 0.489 e. The zero-order valence-electron chi connectivity index (χ0n) is 15.5. The Morgan fingerprint density at radius 3 is 2.74 bits per heavy atom. The number of hydrogen-bond acceptors (Lipinski definition) is 5. The van der Waals surface area contributed by atoms with Crippen LogP contribution in [0.5, 0.6) is 5.75 Å². The number of anilines is 1. The third kappa shape index (κ3) is 5.94. The summed E-state index contributed by atoms with van der Waals surface area (Å²) in [5.41, 5.74) is 11.1. The Balaban J connectivity index is 1.59. The zero-order valence-corrected chi connectivity index (χ0v) is 16.3. The molecule has 0 aliphatic carbocycles. The molecule has 0 atom stereocenters. The molecule has 2 aromatic carbocycles. The van der Waals surface area contributed by atoms with Crippen LogP contribution in [0.25, 0.3) is 0 Å². The molecule has 3 rings (SSSR count). The molecule has 1 fully saturated rings. The first kappa shape index (κ1) is 19.1. The van der Waals surface area contributed by atoms with Crippen molar-refractivity contribution in [3.05, 3.63) is 59.7 Å². The fraction of sp³-hybridized carbons (Fsp3) is 0.300. The van der Waals surface area contributed by atoms with E-state index in [1.807, 2.05) is 36.4 Å². The molecule has 1 aliphatic heterocycles. The zero-order chi connectivity index (χ0) is 19.1. The topological polar surface area (TPSA) is 66.1 Å². The highest BCUT2D eigenvalue weighted by Crippen LogP contribution is 2.23. The minimum atomic E-state index is 0.144. The van der Waals surface area contributed by atoms with Gasteiger partial charge in [-0.1, -0.05) is 24.3 Å². The Kier molecular flexibility index (Phi) is 6.62. The maximum Gasteiger partial charge on any atom is 0.184 e. The van der Waals surface area contributed by atoms with Crippen LogP contribution in [0.3, 0.4) is 0 Å². The molecule has 0 aromatic heterocycles. The maximum absolute atomic E-state index is 6.00. The lowest BCUT2D eigenvalue weighted by Gasteiger charge is -2.34. The van der Waals surface area contributed by atoms with E-state index in [-0.39, 0.29) is 5.11 Å². The summed E-state index contributed by atoms with van der Waals surface area (Å²) in [7, 11) is 2.16. The van der Waals surface area contributed by atoms with Crippen molar-refractivity contribution in [1.29, 1.82) is 0 Å². The van der Waals surface area contributed by atoms with Crippen molar-refractivity contribution in [3.63, 3.8) is 0 Å². The lowest BCUT2D eigenvalue weighted by Crippen LogP contribution is -2.44. The highest BCUT2D eigenvalue weighted by Gasteiger charge is 2.14. The van der Waals surface area contributed by atoms with E-state index in [4.69, 9.17) is 22.7 Å². The van der Waals surface area contributed by atoms with Gasteiger partial charge < -0.3 is 20.3 Å². The second-order valence-electron chi connectivity index (χ2n) is 6.56. The summed E-state index contributed by atoms with van der Waals surface area (Å²) in [5.74, 6) is 0.876. The molecule has 1 saturated heterocycles. The molecule has 1 aliphatic rings. The van der Waals surface area contributed by atoms with Crippen LogP contribution in [0.15, 0.2) is 53.6 Å². The number of hydrogen-bond donors (Lipinski definition) is 2. The number of benzene rings is 2. The van der Waals surface area contributed by atoms with Gasteiger partial charge in [0.15, 0.2) is 5.11 Å². The Bertz CT molecular complexity index is 802. The molecular formula is C20H25N5OS. The second-order valence-corrected chi connectivity index (χ2v) is 7.00. The maximum atomic E-state index is 6.00. The van der Waals surface area contributed by atoms with Gasteiger partial charge in [-0.2, -0.15) is 5.10 Å². The summed E-state index contributed by atoms with van der Waals surface area (Å²) in [6.45, 7) is 4.76. The van der Waals surface area contributed by atoms with Gasteiger partial charge in [-0.05, 0) is 48.6 Å². The van der Waals surface area contributed by atoms with Gasteiger partial charge >= 0.3 is 0 Å². The number of ether oxygens (including phenoxy) is 1. The summed E-state index contributed by atoms with van der Waals surface area (Å²) < 4.78 is 6.00. The van der Waals surface area contributed by atoms with Crippen molar-refractivity contribution in [2.24, 2.45) is 10.8 Å². The van der Waals surface area contributed by atoms with E-state index in [0.29, 0.717) is 6.61 Å². The fourth-order valence-corrected chi connectivity index (χ4v) is 2.99. The monoisotopic (exact) mass is 383 g/mol. The Labute approximate surface area is 165 Å². The molecule has 3 N–H and O–H groups in total. The molecule has 0 amide bonds. The summed E-state index contributed by atoms with van der Waals surface area (Å²) in [6.07, 6.45) is 1.68. The number of likely N-dealkylation sites (N-methyl/N-ethyl adjacent to an activating group) is 1. The number of rotatable bonds is 6. The lowest BCUT2D eigenvalue weighted by molar-refractivity contribution is 0.304. The smallest absolute Gasteiger partial charge is 0.184 e. The van der Waals surface area contributed by atoms with Crippen molar-refractivity contribution >= 4 is 29.2 Å². The molecular weight excluding hydrogens is 358 g/mol. The van der Waals surface area contributed by atoms with Crippen LogP contribution in [-0.2, 0) is 6.61 Å². The van der Waals surface area contributed by atoms with Gasteiger partial charge in [-0.25, -0.2) is 0 Å². The first-order valence-electron chi connectivity index (χ1n) is 8.94. The van der Waals surface area contributed by atoms with Crippen molar-refractivity contribution < 1.29 is 4.74 Å². The van der Waals surface area contributed by atoms with E-state index in [1.165, 1.54) is 5.69 Å². The molecule has 6 nitrogen and oxygen atoms in total. The standard InChI is InChI=1S/C20H25N5OS/c1-24-8-10-25(11-9-24)18-6-3-7-19(13-18)26-15-17-5-2-4-16(12-17)14-22-23-20(21)27/h2-7,12-14H,8-11,15H2,1H3,(H3,21,23,27).